The largest absolute Gasteiger partial charge is 0.395 e. The van der Waals surface area contributed by atoms with Gasteiger partial charge in [-0.05, 0) is 74.9 Å². The summed E-state index contributed by atoms with van der Waals surface area (Å²) in [5, 5.41) is 14.1. The van der Waals surface area contributed by atoms with Crippen LogP contribution in [0.3, 0.4) is 0 Å². The van der Waals surface area contributed by atoms with E-state index in [-0.39, 0.29) is 29.5 Å². The standard InChI is InChI=1S/C28H35N3O4S/c1-18-8-7-9-24(19(18)2)22-10-12-23(13-11-22)27-25-16-30(14-5-6-15-31(25)26(27)17-32)36(33,34)28-20(3)29-35-21(28)4/h7-13,25-27,32H,5-6,14-17H2,1-4H3/t25-,26?,27-/m0/s1. The van der Waals surface area contributed by atoms with Gasteiger partial charge in [-0.2, -0.15) is 4.31 Å². The quantitative estimate of drug-likeness (QED) is 0.555. The van der Waals surface area contributed by atoms with Crippen LogP contribution in [0.4, 0.5) is 0 Å². The predicted molar refractivity (Wildman–Crippen MR) is 139 cm³/mol. The Morgan fingerprint density at radius 2 is 1.75 bits per heavy atom. The molecule has 0 saturated carbocycles. The second kappa shape index (κ2) is 9.74. The first-order valence-corrected chi connectivity index (χ1v) is 14.1. The molecule has 3 aromatic rings. The van der Waals surface area contributed by atoms with Gasteiger partial charge in [0.2, 0.25) is 10.0 Å². The molecule has 36 heavy (non-hydrogen) atoms. The molecule has 8 heteroatoms. The van der Waals surface area contributed by atoms with Crippen molar-refractivity contribution in [1.82, 2.24) is 14.4 Å². The summed E-state index contributed by atoms with van der Waals surface area (Å²) in [6.07, 6.45) is 1.66. The lowest BCUT2D eigenvalue weighted by molar-refractivity contribution is -0.0553. The zero-order valence-electron chi connectivity index (χ0n) is 21.4. The van der Waals surface area contributed by atoms with Gasteiger partial charge in [0.15, 0.2) is 5.76 Å². The topological polar surface area (TPSA) is 86.9 Å². The molecule has 2 fully saturated rings. The van der Waals surface area contributed by atoms with Crippen molar-refractivity contribution in [3.8, 4) is 11.1 Å². The molecular formula is C28H35N3O4S. The molecule has 2 aliphatic rings. The number of nitrogens with zero attached hydrogens (tertiary/aromatic N) is 3. The first-order valence-electron chi connectivity index (χ1n) is 12.7. The average molecular weight is 510 g/mol. The van der Waals surface area contributed by atoms with Crippen molar-refractivity contribution in [2.24, 2.45) is 0 Å². The zero-order valence-corrected chi connectivity index (χ0v) is 22.3. The number of aryl methyl sites for hydroxylation is 3. The molecule has 2 aromatic carbocycles. The van der Waals surface area contributed by atoms with Crippen molar-refractivity contribution < 1.29 is 18.0 Å². The summed E-state index contributed by atoms with van der Waals surface area (Å²) in [5.74, 6) is 0.384. The monoisotopic (exact) mass is 509 g/mol. The van der Waals surface area contributed by atoms with Crippen molar-refractivity contribution in [1.29, 1.82) is 0 Å². The third-order valence-electron chi connectivity index (χ3n) is 8.11. The van der Waals surface area contributed by atoms with Gasteiger partial charge in [-0.15, -0.1) is 0 Å². The number of aliphatic hydroxyl groups excluding tert-OH is 1. The van der Waals surface area contributed by atoms with E-state index in [1.54, 1.807) is 18.2 Å². The number of hydrogen-bond donors (Lipinski definition) is 1. The maximum Gasteiger partial charge on any atom is 0.248 e. The lowest BCUT2D eigenvalue weighted by Crippen LogP contribution is -2.67. The van der Waals surface area contributed by atoms with Crippen molar-refractivity contribution in [3.05, 3.63) is 70.6 Å². The molecule has 5 rings (SSSR count). The summed E-state index contributed by atoms with van der Waals surface area (Å²) in [6, 6.07) is 14.9. The van der Waals surface area contributed by atoms with Crippen LogP contribution in [0.25, 0.3) is 11.1 Å². The molecule has 1 unspecified atom stereocenters. The minimum Gasteiger partial charge on any atom is -0.395 e. The fourth-order valence-corrected chi connectivity index (χ4v) is 7.84. The molecule has 0 radical (unpaired) electrons. The van der Waals surface area contributed by atoms with E-state index in [4.69, 9.17) is 4.52 Å². The maximum atomic E-state index is 13.6. The molecular weight excluding hydrogens is 474 g/mol. The smallest absolute Gasteiger partial charge is 0.248 e. The van der Waals surface area contributed by atoms with Gasteiger partial charge in [0.05, 0.1) is 6.61 Å². The molecule has 1 N–H and O–H groups in total. The normalized spacial score (nSPS) is 23.5. The molecule has 0 amide bonds. The number of aromatic nitrogens is 1. The van der Waals surface area contributed by atoms with Gasteiger partial charge in [0.25, 0.3) is 0 Å². The van der Waals surface area contributed by atoms with Crippen molar-refractivity contribution in [3.63, 3.8) is 0 Å². The number of rotatable bonds is 5. The number of aliphatic hydroxyl groups is 1. The third-order valence-corrected chi connectivity index (χ3v) is 10.2. The van der Waals surface area contributed by atoms with Gasteiger partial charge in [-0.3, -0.25) is 4.90 Å². The summed E-state index contributed by atoms with van der Waals surface area (Å²) in [7, 11) is -3.74. The number of sulfonamides is 1. The van der Waals surface area contributed by atoms with E-state index >= 15 is 0 Å². The summed E-state index contributed by atoms with van der Waals surface area (Å²) in [4.78, 5) is 2.47. The van der Waals surface area contributed by atoms with E-state index in [0.29, 0.717) is 24.5 Å². The van der Waals surface area contributed by atoms with Crippen LogP contribution in [0.1, 0.15) is 46.9 Å². The van der Waals surface area contributed by atoms with Gasteiger partial charge in [-0.1, -0.05) is 47.6 Å². The summed E-state index contributed by atoms with van der Waals surface area (Å²) in [5.41, 5.74) is 6.45. The van der Waals surface area contributed by atoms with Gasteiger partial charge >= 0.3 is 0 Å². The van der Waals surface area contributed by atoms with Crippen LogP contribution in [0.15, 0.2) is 51.9 Å². The lowest BCUT2D eigenvalue weighted by atomic mass is 9.74. The molecule has 0 bridgehead atoms. The fourth-order valence-electron chi connectivity index (χ4n) is 6.05. The molecule has 192 valence electrons. The Bertz CT molecular complexity index is 1330. The molecule has 7 nitrogen and oxygen atoms in total. The number of hydrogen-bond acceptors (Lipinski definition) is 6. The van der Waals surface area contributed by atoms with Crippen LogP contribution in [0, 0.1) is 27.7 Å². The van der Waals surface area contributed by atoms with Crippen LogP contribution < -0.4 is 0 Å². The molecule has 2 saturated heterocycles. The lowest BCUT2D eigenvalue weighted by Gasteiger charge is -2.57. The number of fused-ring (bicyclic) bond motifs is 1. The van der Waals surface area contributed by atoms with Crippen LogP contribution >= 0.6 is 0 Å². The minimum absolute atomic E-state index is 0.00394. The van der Waals surface area contributed by atoms with E-state index in [9.17, 15) is 13.5 Å². The third kappa shape index (κ3) is 4.20. The highest BCUT2D eigenvalue weighted by molar-refractivity contribution is 7.89. The predicted octanol–water partition coefficient (Wildman–Crippen LogP) is 4.19. The second-order valence-corrected chi connectivity index (χ2v) is 12.0. The fraction of sp³-hybridized carbons (Fsp3) is 0.464. The molecule has 1 aromatic heterocycles. The van der Waals surface area contributed by atoms with Gasteiger partial charge in [0.1, 0.15) is 10.6 Å². The van der Waals surface area contributed by atoms with E-state index in [0.717, 1.165) is 30.5 Å². The Hall–Kier alpha value is -2.52. The number of benzene rings is 2. The highest BCUT2D eigenvalue weighted by Gasteiger charge is 2.50. The summed E-state index contributed by atoms with van der Waals surface area (Å²) < 4.78 is 34.1. The first kappa shape index (κ1) is 25.1. The molecule has 2 aliphatic heterocycles. The van der Waals surface area contributed by atoms with Crippen LogP contribution in [0.5, 0.6) is 0 Å². The Kier molecular flexibility index (Phi) is 6.80. The van der Waals surface area contributed by atoms with Crippen LogP contribution in [-0.4, -0.2) is 66.2 Å². The van der Waals surface area contributed by atoms with E-state index in [1.165, 1.54) is 16.7 Å². The Balaban J connectivity index is 1.45. The SMILES string of the molecule is Cc1cccc(-c2ccc([C@@H]3C(CO)N4CCCCN(S(=O)(=O)c5c(C)noc5C)C[C@@H]34)cc2)c1C. The first-order chi connectivity index (χ1) is 17.2. The van der Waals surface area contributed by atoms with Crippen LogP contribution in [0.2, 0.25) is 0 Å². The van der Waals surface area contributed by atoms with Crippen molar-refractivity contribution >= 4 is 10.0 Å². The zero-order chi connectivity index (χ0) is 25.6. The van der Waals surface area contributed by atoms with Gasteiger partial charge in [0, 0.05) is 31.1 Å². The average Bonchev–Trinajstić information content (AvgIpc) is 3.18. The Morgan fingerprint density at radius 1 is 1.03 bits per heavy atom. The maximum absolute atomic E-state index is 13.6. The van der Waals surface area contributed by atoms with E-state index in [2.05, 4.69) is 66.4 Å². The van der Waals surface area contributed by atoms with Crippen molar-refractivity contribution in [2.45, 2.75) is 63.4 Å². The van der Waals surface area contributed by atoms with Crippen LogP contribution in [-0.2, 0) is 10.0 Å². The van der Waals surface area contributed by atoms with Gasteiger partial charge < -0.3 is 9.63 Å². The van der Waals surface area contributed by atoms with Crippen molar-refractivity contribution in [2.75, 3.05) is 26.2 Å². The van der Waals surface area contributed by atoms with Gasteiger partial charge in [-0.25, -0.2) is 8.42 Å². The molecule has 3 atom stereocenters. The Labute approximate surface area is 213 Å². The molecule has 0 spiro atoms. The van der Waals surface area contributed by atoms with E-state index in [1.807, 2.05) is 0 Å². The van der Waals surface area contributed by atoms with E-state index < -0.39 is 10.0 Å². The highest BCUT2D eigenvalue weighted by atomic mass is 32.2. The molecule has 0 aliphatic carbocycles. The Morgan fingerprint density at radius 3 is 2.42 bits per heavy atom. The summed E-state index contributed by atoms with van der Waals surface area (Å²) >= 11 is 0. The highest BCUT2D eigenvalue weighted by Crippen LogP contribution is 2.43. The second-order valence-electron chi connectivity index (χ2n) is 10.2. The summed E-state index contributed by atoms with van der Waals surface area (Å²) in [6.45, 7) is 9.36. The minimum atomic E-state index is -3.74. The molecule has 3 heterocycles.